The van der Waals surface area contributed by atoms with Crippen LogP contribution in [0, 0.1) is 20.8 Å². The number of aromatic nitrogens is 1. The van der Waals surface area contributed by atoms with Gasteiger partial charge in [-0.15, -0.1) is 0 Å². The van der Waals surface area contributed by atoms with Gasteiger partial charge in [0.1, 0.15) is 5.82 Å². The zero-order valence-electron chi connectivity index (χ0n) is 11.3. The zero-order valence-corrected chi connectivity index (χ0v) is 12.1. The van der Waals surface area contributed by atoms with Crippen LogP contribution in [0.1, 0.15) is 16.8 Å². The summed E-state index contributed by atoms with van der Waals surface area (Å²) in [5, 5.41) is 6.83. The van der Waals surface area contributed by atoms with Gasteiger partial charge in [-0.1, -0.05) is 18.2 Å². The number of pyridine rings is 1. The van der Waals surface area contributed by atoms with Crippen LogP contribution in [0.5, 0.6) is 0 Å². The molecule has 0 aliphatic carbocycles. The van der Waals surface area contributed by atoms with Crippen molar-refractivity contribution in [1.29, 1.82) is 0 Å². The van der Waals surface area contributed by atoms with Gasteiger partial charge in [-0.25, -0.2) is 4.98 Å². The van der Waals surface area contributed by atoms with Crippen LogP contribution >= 0.6 is 12.2 Å². The highest BCUT2D eigenvalue weighted by Crippen LogP contribution is 2.14. The number of nitrogens with zero attached hydrogens (tertiary/aromatic N) is 1. The van der Waals surface area contributed by atoms with Crippen LogP contribution < -0.4 is 10.6 Å². The Balaban J connectivity index is 2.07. The van der Waals surface area contributed by atoms with Crippen LogP contribution in [0.3, 0.4) is 0 Å². The quantitative estimate of drug-likeness (QED) is 0.814. The molecule has 2 aromatic rings. The van der Waals surface area contributed by atoms with Crippen molar-refractivity contribution in [3.8, 4) is 0 Å². The van der Waals surface area contributed by atoms with E-state index in [9.17, 15) is 0 Å². The van der Waals surface area contributed by atoms with Crippen LogP contribution in [0.15, 0.2) is 36.4 Å². The number of hydrogen-bond acceptors (Lipinski definition) is 2. The first-order valence-corrected chi connectivity index (χ1v) is 6.54. The van der Waals surface area contributed by atoms with Crippen LogP contribution in [-0.2, 0) is 0 Å². The molecule has 1 aromatic heterocycles. The van der Waals surface area contributed by atoms with E-state index in [2.05, 4.69) is 15.6 Å². The van der Waals surface area contributed by atoms with E-state index in [1.54, 1.807) is 0 Å². The van der Waals surface area contributed by atoms with Gasteiger partial charge in [0.05, 0.1) is 0 Å². The van der Waals surface area contributed by atoms with Crippen LogP contribution in [0.2, 0.25) is 0 Å². The van der Waals surface area contributed by atoms with E-state index in [4.69, 9.17) is 12.2 Å². The minimum absolute atomic E-state index is 0.548. The molecule has 1 aromatic carbocycles. The fraction of sp³-hybridized carbons (Fsp3) is 0.200. The molecular formula is C15H17N3S. The predicted molar refractivity (Wildman–Crippen MR) is 84.7 cm³/mol. The second kappa shape index (κ2) is 5.80. The maximum absolute atomic E-state index is 5.30. The number of thiocarbonyl (C=S) groups is 1. The summed E-state index contributed by atoms with van der Waals surface area (Å²) < 4.78 is 0. The number of benzene rings is 1. The molecule has 0 amide bonds. The number of para-hydroxylation sites is 1. The van der Waals surface area contributed by atoms with Gasteiger partial charge < -0.3 is 10.6 Å². The summed E-state index contributed by atoms with van der Waals surface area (Å²) in [7, 11) is 0. The first kappa shape index (κ1) is 13.5. The molecule has 0 radical (unpaired) electrons. The highest BCUT2D eigenvalue weighted by molar-refractivity contribution is 7.80. The van der Waals surface area contributed by atoms with E-state index in [0.29, 0.717) is 5.11 Å². The summed E-state index contributed by atoms with van der Waals surface area (Å²) in [6.07, 6.45) is 0. The second-order valence-corrected chi connectivity index (χ2v) is 4.97. The molecule has 0 spiro atoms. The van der Waals surface area contributed by atoms with Crippen molar-refractivity contribution in [3.05, 3.63) is 53.2 Å². The van der Waals surface area contributed by atoms with Crippen LogP contribution in [0.25, 0.3) is 0 Å². The molecule has 1 heterocycles. The highest BCUT2D eigenvalue weighted by atomic mass is 32.1. The third kappa shape index (κ3) is 3.76. The fourth-order valence-corrected chi connectivity index (χ4v) is 2.10. The predicted octanol–water partition coefficient (Wildman–Crippen LogP) is 3.82. The molecule has 3 nitrogen and oxygen atoms in total. The normalized spacial score (nSPS) is 10.1. The standard InChI is InChI=1S/C15H17N3S/c1-10-8-12(3)16-14(9-10)18-15(19)17-13-7-5-4-6-11(13)2/h4-9H,1-3H3,(H2,16,17,18,19). The fourth-order valence-electron chi connectivity index (χ4n) is 1.89. The second-order valence-electron chi connectivity index (χ2n) is 4.57. The number of rotatable bonds is 2. The molecule has 98 valence electrons. The lowest BCUT2D eigenvalue weighted by Crippen LogP contribution is -2.20. The summed E-state index contributed by atoms with van der Waals surface area (Å²) in [4.78, 5) is 4.40. The SMILES string of the molecule is Cc1cc(C)nc(NC(=S)Nc2ccccc2C)c1. The molecule has 0 atom stereocenters. The maximum Gasteiger partial charge on any atom is 0.176 e. The van der Waals surface area contributed by atoms with Crippen molar-refractivity contribution in [2.75, 3.05) is 10.6 Å². The summed E-state index contributed by atoms with van der Waals surface area (Å²) >= 11 is 5.30. The first-order valence-electron chi connectivity index (χ1n) is 6.13. The Morgan fingerprint density at radius 2 is 1.79 bits per heavy atom. The van der Waals surface area contributed by atoms with Crippen molar-refractivity contribution in [1.82, 2.24) is 4.98 Å². The Morgan fingerprint density at radius 3 is 2.47 bits per heavy atom. The van der Waals surface area contributed by atoms with Crippen molar-refractivity contribution in [2.24, 2.45) is 0 Å². The molecule has 2 rings (SSSR count). The molecule has 4 heteroatoms. The Bertz CT molecular complexity index is 588. The highest BCUT2D eigenvalue weighted by Gasteiger charge is 2.03. The van der Waals surface area contributed by atoms with Gasteiger partial charge in [0.25, 0.3) is 0 Å². The van der Waals surface area contributed by atoms with Gasteiger partial charge in [-0.05, 0) is 62.3 Å². The average molecular weight is 271 g/mol. The average Bonchev–Trinajstić information content (AvgIpc) is 2.30. The molecule has 0 bridgehead atoms. The summed E-state index contributed by atoms with van der Waals surface area (Å²) in [6, 6.07) is 12.0. The minimum atomic E-state index is 0.548. The van der Waals surface area contributed by atoms with Crippen molar-refractivity contribution in [3.63, 3.8) is 0 Å². The summed E-state index contributed by atoms with van der Waals surface area (Å²) in [6.45, 7) is 6.05. The Labute approximate surface area is 119 Å². The lowest BCUT2D eigenvalue weighted by Gasteiger charge is -2.12. The molecular weight excluding hydrogens is 254 g/mol. The third-order valence-corrected chi connectivity index (χ3v) is 2.94. The summed E-state index contributed by atoms with van der Waals surface area (Å²) in [5.41, 5.74) is 4.29. The smallest absolute Gasteiger partial charge is 0.176 e. The maximum atomic E-state index is 5.30. The van der Waals surface area contributed by atoms with Crippen molar-refractivity contribution < 1.29 is 0 Å². The molecule has 19 heavy (non-hydrogen) atoms. The van der Waals surface area contributed by atoms with E-state index < -0.39 is 0 Å². The monoisotopic (exact) mass is 271 g/mol. The first-order chi connectivity index (χ1) is 9.04. The molecule has 0 fully saturated rings. The van der Waals surface area contributed by atoms with Crippen LogP contribution in [0.4, 0.5) is 11.5 Å². The third-order valence-electron chi connectivity index (χ3n) is 2.73. The number of hydrogen-bond donors (Lipinski definition) is 2. The van der Waals surface area contributed by atoms with E-state index in [1.807, 2.05) is 57.2 Å². The van der Waals surface area contributed by atoms with E-state index in [1.165, 1.54) is 0 Å². The van der Waals surface area contributed by atoms with E-state index in [0.717, 1.165) is 28.3 Å². The van der Waals surface area contributed by atoms with Gasteiger partial charge in [0, 0.05) is 11.4 Å². The lowest BCUT2D eigenvalue weighted by atomic mass is 10.2. The molecule has 0 aliphatic heterocycles. The van der Waals surface area contributed by atoms with E-state index >= 15 is 0 Å². The van der Waals surface area contributed by atoms with Crippen molar-refractivity contribution >= 4 is 28.8 Å². The Hall–Kier alpha value is -1.94. The Morgan fingerprint density at radius 1 is 1.05 bits per heavy atom. The zero-order chi connectivity index (χ0) is 13.8. The number of aryl methyl sites for hydroxylation is 3. The van der Waals surface area contributed by atoms with Gasteiger partial charge in [-0.2, -0.15) is 0 Å². The van der Waals surface area contributed by atoms with Crippen molar-refractivity contribution in [2.45, 2.75) is 20.8 Å². The molecule has 0 aliphatic rings. The topological polar surface area (TPSA) is 37.0 Å². The Kier molecular flexibility index (Phi) is 4.12. The van der Waals surface area contributed by atoms with Gasteiger partial charge in [0.2, 0.25) is 0 Å². The number of nitrogens with one attached hydrogen (secondary N) is 2. The van der Waals surface area contributed by atoms with Gasteiger partial charge in [-0.3, -0.25) is 0 Å². The van der Waals surface area contributed by atoms with E-state index in [-0.39, 0.29) is 0 Å². The molecule has 0 saturated heterocycles. The number of anilines is 2. The van der Waals surface area contributed by atoms with Gasteiger partial charge >= 0.3 is 0 Å². The van der Waals surface area contributed by atoms with Crippen LogP contribution in [-0.4, -0.2) is 10.1 Å². The minimum Gasteiger partial charge on any atom is -0.332 e. The molecule has 0 unspecified atom stereocenters. The largest absolute Gasteiger partial charge is 0.332 e. The lowest BCUT2D eigenvalue weighted by molar-refractivity contribution is 1.18. The molecule has 0 saturated carbocycles. The van der Waals surface area contributed by atoms with Gasteiger partial charge in [0.15, 0.2) is 5.11 Å². The summed E-state index contributed by atoms with van der Waals surface area (Å²) in [5.74, 6) is 0.767. The molecule has 2 N–H and O–H groups in total.